The van der Waals surface area contributed by atoms with Gasteiger partial charge in [-0.15, -0.1) is 0 Å². The number of nitrogens with zero attached hydrogens (tertiary/aromatic N) is 4. The van der Waals surface area contributed by atoms with Gasteiger partial charge < -0.3 is 29.0 Å². The molecule has 2 amide bonds. The Balaban J connectivity index is 1.35. The van der Waals surface area contributed by atoms with Crippen molar-refractivity contribution in [2.45, 2.75) is 58.3 Å². The minimum atomic E-state index is -0.595. The Morgan fingerprint density at radius 3 is 2.61 bits per heavy atom. The number of rotatable bonds is 6. The lowest BCUT2D eigenvalue weighted by molar-refractivity contribution is -0.117. The maximum atomic E-state index is 12.6. The standard InChI is InChI=1S/C25H31N5O6/c1-14-21(16-8-9-30-17(10-16)11-20(27-30)26-22(31)15-6-7-15)23(28-36-14)34-19-13-29(12-18(19)33-5)24(32)35-25(2,3)4/h8-11,15,18-19H,6-7,12-13H2,1-5H3,(H,26,27,31)/t18-,19+/m1/s1. The number of aromatic nitrogens is 3. The average molecular weight is 498 g/mol. The summed E-state index contributed by atoms with van der Waals surface area (Å²) in [5, 5.41) is 11.4. The highest BCUT2D eigenvalue weighted by molar-refractivity contribution is 5.93. The molecule has 11 heteroatoms. The summed E-state index contributed by atoms with van der Waals surface area (Å²) in [5.74, 6) is 1.53. The van der Waals surface area contributed by atoms with E-state index in [0.29, 0.717) is 36.1 Å². The fraction of sp³-hybridized carbons (Fsp3) is 0.520. The normalized spacial score (nSPS) is 20.1. The van der Waals surface area contributed by atoms with Gasteiger partial charge >= 0.3 is 6.09 Å². The molecular weight excluding hydrogens is 466 g/mol. The highest BCUT2D eigenvalue weighted by atomic mass is 16.6. The lowest BCUT2D eigenvalue weighted by Gasteiger charge is -2.24. The molecule has 0 radical (unpaired) electrons. The Hall–Kier alpha value is -3.60. The predicted molar refractivity (Wildman–Crippen MR) is 130 cm³/mol. The molecule has 11 nitrogen and oxygen atoms in total. The smallest absolute Gasteiger partial charge is 0.410 e. The van der Waals surface area contributed by atoms with Gasteiger partial charge in [0.15, 0.2) is 5.82 Å². The van der Waals surface area contributed by atoms with Crippen LogP contribution in [0.15, 0.2) is 28.9 Å². The quantitative estimate of drug-likeness (QED) is 0.548. The van der Waals surface area contributed by atoms with Crippen LogP contribution < -0.4 is 10.1 Å². The van der Waals surface area contributed by atoms with Gasteiger partial charge in [0.05, 0.1) is 24.2 Å². The van der Waals surface area contributed by atoms with Crippen molar-refractivity contribution < 1.29 is 28.3 Å². The first-order chi connectivity index (χ1) is 17.1. The van der Waals surface area contributed by atoms with E-state index in [9.17, 15) is 9.59 Å². The lowest BCUT2D eigenvalue weighted by Crippen LogP contribution is -2.36. The first-order valence-electron chi connectivity index (χ1n) is 12.1. The first-order valence-corrected chi connectivity index (χ1v) is 12.1. The molecule has 1 N–H and O–H groups in total. The minimum absolute atomic E-state index is 0.00822. The van der Waals surface area contributed by atoms with Crippen molar-refractivity contribution in [1.29, 1.82) is 0 Å². The second-order valence-electron chi connectivity index (χ2n) is 10.3. The zero-order valence-electron chi connectivity index (χ0n) is 21.1. The van der Waals surface area contributed by atoms with Crippen molar-refractivity contribution in [2.24, 2.45) is 5.92 Å². The van der Waals surface area contributed by atoms with Crippen LogP contribution in [-0.4, -0.2) is 69.7 Å². The second kappa shape index (κ2) is 9.12. The fourth-order valence-corrected chi connectivity index (χ4v) is 4.25. The Labute approximate surface area is 208 Å². The van der Waals surface area contributed by atoms with Crippen LogP contribution in [0.25, 0.3) is 16.6 Å². The highest BCUT2D eigenvalue weighted by Gasteiger charge is 2.40. The molecule has 0 spiro atoms. The van der Waals surface area contributed by atoms with E-state index in [4.69, 9.17) is 18.7 Å². The summed E-state index contributed by atoms with van der Waals surface area (Å²) < 4.78 is 24.5. The van der Waals surface area contributed by atoms with Gasteiger partial charge in [0.1, 0.15) is 23.6 Å². The lowest BCUT2D eigenvalue weighted by atomic mass is 10.1. The fourth-order valence-electron chi connectivity index (χ4n) is 4.25. The van der Waals surface area contributed by atoms with Crippen LogP contribution in [-0.2, 0) is 14.3 Å². The number of fused-ring (bicyclic) bond motifs is 1. The largest absolute Gasteiger partial charge is 0.467 e. The van der Waals surface area contributed by atoms with Crippen LogP contribution in [0.5, 0.6) is 5.88 Å². The first kappa shape index (κ1) is 24.1. The number of ether oxygens (including phenoxy) is 3. The van der Waals surface area contributed by atoms with Crippen molar-refractivity contribution in [3.63, 3.8) is 0 Å². The molecule has 1 aliphatic carbocycles. The monoisotopic (exact) mass is 497 g/mol. The molecule has 0 unspecified atom stereocenters. The van der Waals surface area contributed by atoms with Gasteiger partial charge in [-0.3, -0.25) is 4.79 Å². The summed E-state index contributed by atoms with van der Waals surface area (Å²) in [6, 6.07) is 5.64. The Morgan fingerprint density at radius 1 is 1.17 bits per heavy atom. The second-order valence-corrected chi connectivity index (χ2v) is 10.3. The van der Waals surface area contributed by atoms with Crippen molar-refractivity contribution in [3.05, 3.63) is 30.2 Å². The van der Waals surface area contributed by atoms with E-state index in [1.54, 1.807) is 16.5 Å². The number of carbonyl (C=O) groups is 2. The van der Waals surface area contributed by atoms with Crippen molar-refractivity contribution in [2.75, 3.05) is 25.5 Å². The zero-order chi connectivity index (χ0) is 25.6. The highest BCUT2D eigenvalue weighted by Crippen LogP contribution is 2.35. The Bertz CT molecular complexity index is 1290. The third kappa shape index (κ3) is 5.01. The molecule has 1 saturated heterocycles. The van der Waals surface area contributed by atoms with Crippen molar-refractivity contribution in [3.8, 4) is 17.0 Å². The van der Waals surface area contributed by atoms with Crippen LogP contribution in [0.1, 0.15) is 39.4 Å². The molecule has 192 valence electrons. The van der Waals surface area contributed by atoms with Gasteiger partial charge in [0.2, 0.25) is 5.91 Å². The van der Waals surface area contributed by atoms with Gasteiger partial charge in [-0.1, -0.05) is 0 Å². The molecule has 0 aromatic carbocycles. The number of anilines is 1. The topological polar surface area (TPSA) is 120 Å². The van der Waals surface area contributed by atoms with Crippen LogP contribution in [0.4, 0.5) is 10.6 Å². The molecule has 0 bridgehead atoms. The van der Waals surface area contributed by atoms with E-state index in [2.05, 4.69) is 15.6 Å². The number of hydrogen-bond acceptors (Lipinski definition) is 8. The summed E-state index contributed by atoms with van der Waals surface area (Å²) in [6.45, 7) is 7.94. The Morgan fingerprint density at radius 2 is 1.92 bits per heavy atom. The molecule has 3 aromatic heterocycles. The van der Waals surface area contributed by atoms with E-state index in [-0.39, 0.29) is 17.9 Å². The third-order valence-corrected chi connectivity index (χ3v) is 6.22. The number of aryl methyl sites for hydroxylation is 1. The Kier molecular flexibility index (Phi) is 6.11. The number of likely N-dealkylation sites (tertiary alicyclic amines) is 1. The molecular formula is C25H31N5O6. The SMILES string of the molecule is CO[C@@H]1CN(C(=O)OC(C)(C)C)C[C@@H]1Oc1noc(C)c1-c1ccn2nc(NC(=O)C3CC3)cc2c1. The van der Waals surface area contributed by atoms with Gasteiger partial charge in [0, 0.05) is 25.3 Å². The van der Waals surface area contributed by atoms with Crippen LogP contribution in [0.3, 0.4) is 0 Å². The van der Waals surface area contributed by atoms with E-state index < -0.39 is 17.8 Å². The van der Waals surface area contributed by atoms with Gasteiger partial charge in [-0.2, -0.15) is 5.10 Å². The van der Waals surface area contributed by atoms with Crippen LogP contribution >= 0.6 is 0 Å². The van der Waals surface area contributed by atoms with E-state index in [0.717, 1.165) is 23.9 Å². The number of hydrogen-bond donors (Lipinski definition) is 1. The summed E-state index contributed by atoms with van der Waals surface area (Å²) in [6.07, 6.45) is 2.46. The molecule has 2 aliphatic rings. The van der Waals surface area contributed by atoms with E-state index in [1.807, 2.05) is 52.1 Å². The molecule has 36 heavy (non-hydrogen) atoms. The summed E-state index contributed by atoms with van der Waals surface area (Å²) in [5.41, 5.74) is 1.74. The van der Waals surface area contributed by atoms with Gasteiger partial charge in [-0.05, 0) is 63.4 Å². The number of methoxy groups -OCH3 is 1. The molecule has 1 aliphatic heterocycles. The average Bonchev–Trinajstić information content (AvgIpc) is 3.32. The maximum Gasteiger partial charge on any atom is 0.410 e. The number of amides is 2. The zero-order valence-corrected chi connectivity index (χ0v) is 21.1. The summed E-state index contributed by atoms with van der Waals surface area (Å²) >= 11 is 0. The molecule has 2 fully saturated rings. The predicted octanol–water partition coefficient (Wildman–Crippen LogP) is 3.66. The van der Waals surface area contributed by atoms with Crippen molar-refractivity contribution >= 4 is 23.3 Å². The third-order valence-electron chi connectivity index (χ3n) is 6.22. The van der Waals surface area contributed by atoms with Crippen LogP contribution in [0.2, 0.25) is 0 Å². The number of pyridine rings is 1. The molecule has 4 heterocycles. The van der Waals surface area contributed by atoms with Gasteiger partial charge in [0.25, 0.3) is 5.88 Å². The molecule has 2 atom stereocenters. The maximum absolute atomic E-state index is 12.6. The van der Waals surface area contributed by atoms with E-state index >= 15 is 0 Å². The summed E-state index contributed by atoms with van der Waals surface area (Å²) in [7, 11) is 1.59. The number of nitrogens with one attached hydrogen (secondary N) is 1. The molecule has 3 aromatic rings. The summed E-state index contributed by atoms with van der Waals surface area (Å²) in [4.78, 5) is 26.3. The molecule has 1 saturated carbocycles. The van der Waals surface area contributed by atoms with Crippen molar-refractivity contribution in [1.82, 2.24) is 19.7 Å². The number of carbonyl (C=O) groups excluding carboxylic acids is 2. The van der Waals surface area contributed by atoms with Crippen LogP contribution in [0, 0.1) is 12.8 Å². The molecule has 5 rings (SSSR count). The minimum Gasteiger partial charge on any atom is -0.467 e. The van der Waals surface area contributed by atoms with E-state index in [1.165, 1.54) is 0 Å². The van der Waals surface area contributed by atoms with Gasteiger partial charge in [-0.25, -0.2) is 9.31 Å².